The number of nitrogens with two attached hydrogens (primary N) is 1. The lowest BCUT2D eigenvalue weighted by Gasteiger charge is -2.37. The van der Waals surface area contributed by atoms with E-state index in [4.69, 9.17) is 10.5 Å². The van der Waals surface area contributed by atoms with E-state index in [9.17, 15) is 9.59 Å². The smallest absolute Gasteiger partial charge is 0.224 e. The van der Waals surface area contributed by atoms with Gasteiger partial charge in [0.2, 0.25) is 11.8 Å². The molecule has 5 unspecified atom stereocenters. The maximum absolute atomic E-state index is 13.2. The van der Waals surface area contributed by atoms with Crippen molar-refractivity contribution in [3.05, 3.63) is 72.4 Å². The second-order valence-electron chi connectivity index (χ2n) is 10.0. The molecule has 1 saturated heterocycles. The molecule has 2 bridgehead atoms. The zero-order chi connectivity index (χ0) is 24.9. The number of benzene rings is 1. The number of hydrogen-bond donors (Lipinski definition) is 2. The molecule has 1 saturated carbocycles. The Labute approximate surface area is 212 Å². The number of fused-ring (bicyclic) bond motifs is 2. The highest BCUT2D eigenvalue weighted by atomic mass is 16.5. The van der Waals surface area contributed by atoms with E-state index in [0.717, 1.165) is 50.5 Å². The monoisotopic (exact) mass is 489 g/mol. The molecule has 2 fully saturated rings. The lowest BCUT2D eigenvalue weighted by atomic mass is 9.82. The molecule has 0 radical (unpaired) electrons. The van der Waals surface area contributed by atoms with Crippen LogP contribution in [0.25, 0.3) is 0 Å². The molecule has 1 aliphatic heterocycles. The van der Waals surface area contributed by atoms with Gasteiger partial charge in [-0.05, 0) is 36.0 Å². The summed E-state index contributed by atoms with van der Waals surface area (Å²) < 4.78 is 6.30. The van der Waals surface area contributed by atoms with Crippen molar-refractivity contribution in [2.45, 2.75) is 19.1 Å². The molecular weight excluding hydrogens is 454 g/mol. The molecule has 1 aromatic carbocycles. The molecule has 5 atom stereocenters. The summed E-state index contributed by atoms with van der Waals surface area (Å²) in [5.41, 5.74) is 6.76. The maximum atomic E-state index is 13.2. The zero-order valence-corrected chi connectivity index (χ0v) is 20.5. The van der Waals surface area contributed by atoms with Gasteiger partial charge in [-0.25, -0.2) is 4.98 Å². The summed E-state index contributed by atoms with van der Waals surface area (Å²) in [6.07, 6.45) is 6.60. The summed E-state index contributed by atoms with van der Waals surface area (Å²) in [4.78, 5) is 34.4. The molecular formula is C28H35N5O3. The lowest BCUT2D eigenvalue weighted by molar-refractivity contribution is -0.134. The van der Waals surface area contributed by atoms with E-state index >= 15 is 0 Å². The number of pyridine rings is 1. The minimum atomic E-state index is -0.414. The first-order valence-corrected chi connectivity index (χ1v) is 12.9. The maximum Gasteiger partial charge on any atom is 0.224 e. The summed E-state index contributed by atoms with van der Waals surface area (Å²) in [6, 6.07) is 16.1. The van der Waals surface area contributed by atoms with Gasteiger partial charge < -0.3 is 20.7 Å². The number of ether oxygens (including phenoxy) is 1. The Hall–Kier alpha value is -3.23. The first-order valence-electron chi connectivity index (χ1n) is 12.9. The van der Waals surface area contributed by atoms with Crippen molar-refractivity contribution in [3.8, 4) is 0 Å². The number of anilines is 1. The normalized spacial score (nSPS) is 26.2. The van der Waals surface area contributed by atoms with Gasteiger partial charge >= 0.3 is 0 Å². The van der Waals surface area contributed by atoms with Gasteiger partial charge in [-0.3, -0.25) is 14.5 Å². The Balaban J connectivity index is 1.18. The van der Waals surface area contributed by atoms with Gasteiger partial charge in [0.05, 0.1) is 24.5 Å². The molecule has 5 rings (SSSR count). The fraction of sp³-hybridized carbons (Fsp3) is 0.464. The molecule has 36 heavy (non-hydrogen) atoms. The largest absolute Gasteiger partial charge is 0.370 e. The van der Waals surface area contributed by atoms with Gasteiger partial charge in [0.25, 0.3) is 0 Å². The second-order valence-corrected chi connectivity index (χ2v) is 10.0. The van der Waals surface area contributed by atoms with Gasteiger partial charge in [0.15, 0.2) is 0 Å². The van der Waals surface area contributed by atoms with Crippen LogP contribution in [0, 0.1) is 23.7 Å². The molecule has 0 spiro atoms. The minimum Gasteiger partial charge on any atom is -0.370 e. The van der Waals surface area contributed by atoms with E-state index in [0.29, 0.717) is 13.2 Å². The Morgan fingerprint density at radius 3 is 2.42 bits per heavy atom. The standard InChI is InChI=1S/C28H35N5O3/c29-27(34)25-21-9-10-22(16-21)26(25)28(35)31-17-23(36-19-20-6-2-1-3-7-20)18-32-12-14-33(15-13-32)24-8-4-5-11-30-24/h1-11,21-23,25-26H,12-19H2,(H2,29,34)(H,31,35). The van der Waals surface area contributed by atoms with Gasteiger partial charge in [-0.1, -0.05) is 48.6 Å². The van der Waals surface area contributed by atoms with Crippen LogP contribution in [0.5, 0.6) is 0 Å². The summed E-state index contributed by atoms with van der Waals surface area (Å²) in [5.74, 6) is -0.0824. The van der Waals surface area contributed by atoms with Gasteiger partial charge in [-0.15, -0.1) is 0 Å². The molecule has 3 aliphatic rings. The highest BCUT2D eigenvalue weighted by molar-refractivity contribution is 5.89. The van der Waals surface area contributed by atoms with Crippen molar-refractivity contribution in [1.82, 2.24) is 15.2 Å². The fourth-order valence-corrected chi connectivity index (χ4v) is 5.85. The van der Waals surface area contributed by atoms with Crippen LogP contribution in [-0.2, 0) is 20.9 Å². The number of rotatable bonds is 10. The number of nitrogens with zero attached hydrogens (tertiary/aromatic N) is 3. The predicted molar refractivity (Wildman–Crippen MR) is 138 cm³/mol. The van der Waals surface area contributed by atoms with Crippen LogP contribution in [0.15, 0.2) is 66.9 Å². The number of nitrogens with one attached hydrogen (secondary N) is 1. The number of piperazine rings is 1. The first kappa shape index (κ1) is 24.5. The van der Waals surface area contributed by atoms with E-state index in [1.165, 1.54) is 0 Å². The molecule has 2 aromatic rings. The van der Waals surface area contributed by atoms with Crippen LogP contribution in [0.2, 0.25) is 0 Å². The van der Waals surface area contributed by atoms with Crippen molar-refractivity contribution < 1.29 is 14.3 Å². The Morgan fingerprint density at radius 1 is 1.00 bits per heavy atom. The van der Waals surface area contributed by atoms with E-state index in [1.807, 2.05) is 60.8 Å². The number of hydrogen-bond acceptors (Lipinski definition) is 6. The number of primary amides is 1. The highest BCUT2D eigenvalue weighted by Gasteiger charge is 2.50. The van der Waals surface area contributed by atoms with Crippen LogP contribution >= 0.6 is 0 Å². The van der Waals surface area contributed by atoms with Crippen LogP contribution in [-0.4, -0.2) is 67.1 Å². The molecule has 2 aliphatic carbocycles. The van der Waals surface area contributed by atoms with Crippen molar-refractivity contribution in [2.24, 2.45) is 29.4 Å². The second kappa shape index (κ2) is 11.2. The molecule has 2 heterocycles. The molecule has 2 amide bonds. The zero-order valence-electron chi connectivity index (χ0n) is 20.5. The van der Waals surface area contributed by atoms with Gasteiger partial charge in [0, 0.05) is 45.5 Å². The van der Waals surface area contributed by atoms with E-state index in [-0.39, 0.29) is 35.7 Å². The predicted octanol–water partition coefficient (Wildman–Crippen LogP) is 1.83. The summed E-state index contributed by atoms with van der Waals surface area (Å²) >= 11 is 0. The third-order valence-corrected chi connectivity index (χ3v) is 7.73. The summed E-state index contributed by atoms with van der Waals surface area (Å²) in [6.45, 7) is 5.19. The Kier molecular flexibility index (Phi) is 7.63. The van der Waals surface area contributed by atoms with E-state index in [1.54, 1.807) is 0 Å². The highest BCUT2D eigenvalue weighted by Crippen LogP contribution is 2.47. The average molecular weight is 490 g/mol. The molecule has 8 heteroatoms. The topological polar surface area (TPSA) is 101 Å². The van der Waals surface area contributed by atoms with Crippen molar-refractivity contribution in [3.63, 3.8) is 0 Å². The Bertz CT molecular complexity index is 1060. The number of carbonyl (C=O) groups excluding carboxylic acids is 2. The number of aromatic nitrogens is 1. The SMILES string of the molecule is NC(=O)C1C2C=CC(C2)C1C(=O)NCC(CN1CCN(c2ccccn2)CC1)OCc1ccccc1. The molecule has 190 valence electrons. The van der Waals surface area contributed by atoms with Gasteiger partial charge in [-0.2, -0.15) is 0 Å². The van der Waals surface area contributed by atoms with Crippen molar-refractivity contribution in [2.75, 3.05) is 44.2 Å². The van der Waals surface area contributed by atoms with Crippen LogP contribution in [0.4, 0.5) is 5.82 Å². The third-order valence-electron chi connectivity index (χ3n) is 7.73. The quantitative estimate of drug-likeness (QED) is 0.494. The first-order chi connectivity index (χ1) is 17.6. The van der Waals surface area contributed by atoms with Crippen LogP contribution in [0.3, 0.4) is 0 Å². The minimum absolute atomic E-state index is 0.0868. The van der Waals surface area contributed by atoms with Crippen LogP contribution in [0.1, 0.15) is 12.0 Å². The molecule has 3 N–H and O–H groups in total. The fourth-order valence-electron chi connectivity index (χ4n) is 5.85. The van der Waals surface area contributed by atoms with Gasteiger partial charge in [0.1, 0.15) is 5.82 Å². The van der Waals surface area contributed by atoms with Crippen LogP contribution < -0.4 is 16.0 Å². The third kappa shape index (κ3) is 5.60. The Morgan fingerprint density at radius 2 is 1.72 bits per heavy atom. The number of amides is 2. The summed E-state index contributed by atoms with van der Waals surface area (Å²) in [7, 11) is 0. The average Bonchev–Trinajstić information content (AvgIpc) is 3.54. The number of carbonyl (C=O) groups is 2. The van der Waals surface area contributed by atoms with E-state index in [2.05, 4.69) is 26.2 Å². The van der Waals surface area contributed by atoms with Crippen molar-refractivity contribution >= 4 is 17.6 Å². The molecule has 1 aromatic heterocycles. The molecule has 8 nitrogen and oxygen atoms in total. The lowest BCUT2D eigenvalue weighted by Crippen LogP contribution is -2.51. The number of allylic oxidation sites excluding steroid dienone is 2. The van der Waals surface area contributed by atoms with Crippen molar-refractivity contribution in [1.29, 1.82) is 0 Å². The van der Waals surface area contributed by atoms with E-state index < -0.39 is 5.92 Å². The summed E-state index contributed by atoms with van der Waals surface area (Å²) in [5, 5.41) is 3.10.